The smallest absolute Gasteiger partial charge is 0.259 e. The van der Waals surface area contributed by atoms with Crippen LogP contribution >= 0.6 is 23.2 Å². The number of para-hydroxylation sites is 1. The maximum atomic E-state index is 13.1. The largest absolute Gasteiger partial charge is 0.460 e. The number of fused-ring (bicyclic) bond motifs is 3. The molecule has 1 amide bonds. The maximum Gasteiger partial charge on any atom is 0.259 e. The van der Waals surface area contributed by atoms with Crippen LogP contribution in [-0.2, 0) is 0 Å². The Balaban J connectivity index is 1.59. The second kappa shape index (κ2) is 7.89. The highest BCUT2D eigenvalue weighted by Gasteiger charge is 2.20. The number of benzene rings is 3. The lowest BCUT2D eigenvalue weighted by atomic mass is 10.1. The van der Waals surface area contributed by atoms with Crippen LogP contribution in [0.1, 0.15) is 21.7 Å². The predicted molar refractivity (Wildman–Crippen MR) is 129 cm³/mol. The van der Waals surface area contributed by atoms with Gasteiger partial charge in [-0.25, -0.2) is 4.98 Å². The fraction of sp³-hybridized carbons (Fsp3) is 0.0833. The summed E-state index contributed by atoms with van der Waals surface area (Å²) in [5.41, 5.74) is 4.56. The number of amides is 1. The Labute approximate surface area is 193 Å². The van der Waals surface area contributed by atoms with Crippen LogP contribution in [0.25, 0.3) is 22.0 Å². The molecule has 0 spiro atoms. The minimum absolute atomic E-state index is 0.275. The molecule has 32 heavy (non-hydrogen) atoms. The highest BCUT2D eigenvalue weighted by Crippen LogP contribution is 2.35. The molecule has 0 atom stereocenters. The molecule has 0 aliphatic carbocycles. The number of anilines is 3. The number of H-pyrrole nitrogens is 1. The molecule has 2 aromatic heterocycles. The third-order valence-electron chi connectivity index (χ3n) is 5.11. The minimum atomic E-state index is -0.275. The molecule has 8 heteroatoms. The van der Waals surface area contributed by atoms with E-state index in [1.165, 1.54) is 0 Å². The first-order chi connectivity index (χ1) is 15.4. The van der Waals surface area contributed by atoms with Crippen molar-refractivity contribution in [2.24, 2.45) is 0 Å². The molecule has 0 radical (unpaired) electrons. The van der Waals surface area contributed by atoms with E-state index in [-0.39, 0.29) is 5.91 Å². The summed E-state index contributed by atoms with van der Waals surface area (Å²) in [6.07, 6.45) is 0. The van der Waals surface area contributed by atoms with Crippen LogP contribution in [0.15, 0.2) is 59.0 Å². The van der Waals surface area contributed by atoms with Crippen LogP contribution in [0.5, 0.6) is 0 Å². The molecule has 5 rings (SSSR count). The highest BCUT2D eigenvalue weighted by atomic mass is 35.5. The topological polar surface area (TPSA) is 83.0 Å². The van der Waals surface area contributed by atoms with Crippen molar-refractivity contribution < 1.29 is 9.21 Å². The van der Waals surface area contributed by atoms with Crippen molar-refractivity contribution in [3.05, 3.63) is 81.5 Å². The van der Waals surface area contributed by atoms with E-state index in [4.69, 9.17) is 27.6 Å². The van der Waals surface area contributed by atoms with Crippen molar-refractivity contribution in [1.29, 1.82) is 0 Å². The van der Waals surface area contributed by atoms with Gasteiger partial charge in [0.05, 0.1) is 32.3 Å². The van der Waals surface area contributed by atoms with E-state index in [9.17, 15) is 4.79 Å². The van der Waals surface area contributed by atoms with E-state index < -0.39 is 0 Å². The number of halogens is 2. The number of nitrogens with zero attached hydrogens (tertiary/aromatic N) is 1. The number of aryl methyl sites for hydroxylation is 2. The summed E-state index contributed by atoms with van der Waals surface area (Å²) in [6, 6.07) is 16.5. The van der Waals surface area contributed by atoms with Gasteiger partial charge in [0.25, 0.3) is 5.91 Å². The number of aromatic nitrogens is 2. The van der Waals surface area contributed by atoms with Crippen molar-refractivity contribution in [3.8, 4) is 0 Å². The average Bonchev–Trinajstić information content (AvgIpc) is 3.32. The van der Waals surface area contributed by atoms with Crippen LogP contribution < -0.4 is 10.6 Å². The Morgan fingerprint density at radius 1 is 1.03 bits per heavy atom. The first-order valence-electron chi connectivity index (χ1n) is 9.91. The molecule has 0 fully saturated rings. The Morgan fingerprint density at radius 2 is 1.78 bits per heavy atom. The lowest BCUT2D eigenvalue weighted by molar-refractivity contribution is 0.102. The number of nitrogens with one attached hydrogen (secondary N) is 3. The van der Waals surface area contributed by atoms with Gasteiger partial charge < -0.3 is 20.0 Å². The molecule has 0 saturated heterocycles. The van der Waals surface area contributed by atoms with Crippen LogP contribution in [-0.4, -0.2) is 15.9 Å². The van der Waals surface area contributed by atoms with Crippen molar-refractivity contribution in [1.82, 2.24) is 9.97 Å². The molecule has 0 unspecified atom stereocenters. The molecule has 160 valence electrons. The molecule has 3 N–H and O–H groups in total. The van der Waals surface area contributed by atoms with Crippen LogP contribution in [0.3, 0.4) is 0 Å². The summed E-state index contributed by atoms with van der Waals surface area (Å²) in [5, 5.41) is 7.78. The van der Waals surface area contributed by atoms with Crippen molar-refractivity contribution in [2.45, 2.75) is 13.8 Å². The summed E-state index contributed by atoms with van der Waals surface area (Å²) in [5.74, 6) is 0.866. The normalized spacial score (nSPS) is 11.2. The van der Waals surface area contributed by atoms with Gasteiger partial charge in [0.1, 0.15) is 11.3 Å². The van der Waals surface area contributed by atoms with Crippen LogP contribution in [0.2, 0.25) is 10.0 Å². The molecule has 2 heterocycles. The molecule has 6 nitrogen and oxygen atoms in total. The van der Waals surface area contributed by atoms with Gasteiger partial charge in [-0.1, -0.05) is 41.4 Å². The predicted octanol–water partition coefficient (Wildman–Crippen LogP) is 7.23. The van der Waals surface area contributed by atoms with E-state index in [1.807, 2.05) is 44.2 Å². The lowest BCUT2D eigenvalue weighted by Gasteiger charge is -2.07. The van der Waals surface area contributed by atoms with Crippen molar-refractivity contribution >= 4 is 68.4 Å². The SMILES string of the molecule is Cc1cccc(NC(=O)c2cc3nc(Nc4c(Cl)cccc4Cl)[nH]c3c3cc(C)oc23)c1. The number of hydrogen-bond acceptors (Lipinski definition) is 4. The summed E-state index contributed by atoms with van der Waals surface area (Å²) >= 11 is 12.5. The zero-order valence-corrected chi connectivity index (χ0v) is 18.7. The molecule has 0 aliphatic heterocycles. The summed E-state index contributed by atoms with van der Waals surface area (Å²) < 4.78 is 5.88. The third-order valence-corrected chi connectivity index (χ3v) is 5.74. The molecule has 0 aliphatic rings. The molecule has 0 saturated carbocycles. The Morgan fingerprint density at radius 3 is 2.53 bits per heavy atom. The Hall–Kier alpha value is -3.48. The molecule has 3 aromatic carbocycles. The van der Waals surface area contributed by atoms with Gasteiger partial charge in [-0.15, -0.1) is 0 Å². The first-order valence-corrected chi connectivity index (χ1v) is 10.7. The first kappa shape index (κ1) is 20.4. The maximum absolute atomic E-state index is 13.1. The van der Waals surface area contributed by atoms with E-state index in [1.54, 1.807) is 24.3 Å². The Kier molecular flexibility index (Phi) is 5.04. The lowest BCUT2D eigenvalue weighted by Crippen LogP contribution is -2.12. The number of rotatable bonds is 4. The number of aromatic amines is 1. The fourth-order valence-corrected chi connectivity index (χ4v) is 4.18. The number of imidazole rings is 1. The van der Waals surface area contributed by atoms with Crippen LogP contribution in [0.4, 0.5) is 17.3 Å². The van der Waals surface area contributed by atoms with Crippen molar-refractivity contribution in [3.63, 3.8) is 0 Å². The number of hydrogen-bond donors (Lipinski definition) is 3. The minimum Gasteiger partial charge on any atom is -0.460 e. The van der Waals surface area contributed by atoms with Crippen molar-refractivity contribution in [2.75, 3.05) is 10.6 Å². The number of carbonyl (C=O) groups excluding carboxylic acids is 1. The van der Waals surface area contributed by atoms with E-state index >= 15 is 0 Å². The van der Waals surface area contributed by atoms with Gasteiger partial charge in [-0.05, 0) is 55.8 Å². The van der Waals surface area contributed by atoms with Gasteiger partial charge in [0.2, 0.25) is 5.95 Å². The standard InChI is InChI=1S/C24H18Cl2N4O2/c1-12-5-3-6-14(9-12)27-23(31)16-11-19-20(15-10-13(2)32-22(15)16)29-24(28-19)30-21-17(25)7-4-8-18(21)26/h3-11H,1-2H3,(H,27,31)(H2,28,29,30). The summed E-state index contributed by atoms with van der Waals surface area (Å²) in [6.45, 7) is 3.81. The third kappa shape index (κ3) is 3.68. The zero-order valence-electron chi connectivity index (χ0n) is 17.2. The fourth-order valence-electron chi connectivity index (χ4n) is 3.68. The second-order valence-corrected chi connectivity index (χ2v) is 8.36. The average molecular weight is 465 g/mol. The number of furan rings is 1. The van der Waals surface area contributed by atoms with E-state index in [0.29, 0.717) is 49.8 Å². The monoisotopic (exact) mass is 464 g/mol. The quantitative estimate of drug-likeness (QED) is 0.262. The molecule has 5 aromatic rings. The second-order valence-electron chi connectivity index (χ2n) is 7.55. The van der Waals surface area contributed by atoms with E-state index in [2.05, 4.69) is 20.6 Å². The zero-order chi connectivity index (χ0) is 22.4. The van der Waals surface area contributed by atoms with Gasteiger partial charge in [-0.3, -0.25) is 4.79 Å². The van der Waals surface area contributed by atoms with Gasteiger partial charge in [0.15, 0.2) is 0 Å². The van der Waals surface area contributed by atoms with Gasteiger partial charge in [-0.2, -0.15) is 0 Å². The summed E-state index contributed by atoms with van der Waals surface area (Å²) in [4.78, 5) is 21.0. The summed E-state index contributed by atoms with van der Waals surface area (Å²) in [7, 11) is 0. The molecular weight excluding hydrogens is 447 g/mol. The molecular formula is C24H18Cl2N4O2. The highest BCUT2D eigenvalue weighted by molar-refractivity contribution is 6.39. The Bertz CT molecular complexity index is 1480. The van der Waals surface area contributed by atoms with E-state index in [0.717, 1.165) is 16.5 Å². The van der Waals surface area contributed by atoms with Gasteiger partial charge >= 0.3 is 0 Å². The van der Waals surface area contributed by atoms with Crippen LogP contribution in [0, 0.1) is 13.8 Å². The van der Waals surface area contributed by atoms with Gasteiger partial charge in [0, 0.05) is 11.1 Å². The number of carbonyl (C=O) groups is 1. The molecule has 0 bridgehead atoms.